The van der Waals surface area contributed by atoms with Gasteiger partial charge >= 0.3 is 0 Å². The number of pyridine rings is 4. The monoisotopic (exact) mass is 1670 g/mol. The molecule has 0 amide bonds. The molecule has 21 rings (SSSR count). The van der Waals surface area contributed by atoms with Gasteiger partial charge in [0.1, 0.15) is 0 Å². The smallest absolute Gasteiger partial charge is 0.0685 e. The molecule has 6 aromatic heterocycles. The normalized spacial score (nSPS) is 17.0. The number of benzene rings is 7. The lowest BCUT2D eigenvalue weighted by atomic mass is 9.94. The number of allylic oxidation sites excluding steroid dienone is 4. The van der Waals surface area contributed by atoms with E-state index in [1.807, 2.05) is 54.4 Å². The van der Waals surface area contributed by atoms with Crippen LogP contribution in [0.15, 0.2) is 231 Å². The average Bonchev–Trinajstić information content (AvgIpc) is 1.60. The minimum absolute atomic E-state index is 0.887. The third-order valence-electron chi connectivity index (χ3n) is 27.3. The van der Waals surface area contributed by atoms with Crippen molar-refractivity contribution in [2.75, 3.05) is 133 Å². The van der Waals surface area contributed by atoms with Crippen LogP contribution in [0, 0.1) is 41.5 Å². The summed E-state index contributed by atoms with van der Waals surface area (Å²) in [5.74, 6) is 0. The van der Waals surface area contributed by atoms with Gasteiger partial charge in [0.15, 0.2) is 0 Å². The van der Waals surface area contributed by atoms with Gasteiger partial charge in [-0.25, -0.2) is 0 Å². The van der Waals surface area contributed by atoms with Crippen molar-refractivity contribution in [3.63, 3.8) is 0 Å². The molecule has 4 saturated heterocycles. The summed E-state index contributed by atoms with van der Waals surface area (Å²) in [6.07, 6.45) is 22.9. The van der Waals surface area contributed by atoms with Crippen LogP contribution < -0.4 is 0 Å². The molecule has 0 N–H and O–H groups in total. The summed E-state index contributed by atoms with van der Waals surface area (Å²) < 4.78 is 3.91. The number of aryl methyl sites for hydroxylation is 7. The molecule has 16 nitrogen and oxygen atoms in total. The van der Waals surface area contributed by atoms with Gasteiger partial charge in [-0.2, -0.15) is 10.2 Å². The largest absolute Gasteiger partial charge is 0.304 e. The van der Waals surface area contributed by atoms with Crippen LogP contribution in [0.4, 0.5) is 0 Å². The minimum atomic E-state index is 0.887. The first-order valence-electron chi connectivity index (χ1n) is 45.6. The highest BCUT2D eigenvalue weighted by Gasteiger charge is 2.28. The van der Waals surface area contributed by atoms with Crippen LogP contribution in [0.1, 0.15) is 123 Å². The Kier molecular flexibility index (Phi) is 25.7. The van der Waals surface area contributed by atoms with Crippen LogP contribution in [-0.4, -0.2) is 212 Å². The summed E-state index contributed by atoms with van der Waals surface area (Å²) in [6.45, 7) is 35.6. The molecule has 0 saturated carbocycles. The lowest BCUT2D eigenvalue weighted by Gasteiger charge is -2.32. The Morgan fingerprint density at radius 1 is 0.270 bits per heavy atom. The Hall–Kier alpha value is -11.5. The second-order valence-electron chi connectivity index (χ2n) is 36.7. The van der Waals surface area contributed by atoms with E-state index >= 15 is 0 Å². The third kappa shape index (κ3) is 19.5. The fraction of sp³-hybridized carbons (Fsp3) is 0.327. The number of hydrogen-bond acceptors (Lipinski definition) is 14. The van der Waals surface area contributed by atoms with Crippen molar-refractivity contribution in [3.05, 3.63) is 354 Å². The third-order valence-corrected chi connectivity index (χ3v) is 27.3. The molecule has 0 spiro atoms. The number of likely N-dealkylation sites (N-methyl/N-ethyl adjacent to an activating group) is 4. The van der Waals surface area contributed by atoms with Crippen molar-refractivity contribution in [1.82, 2.24) is 78.7 Å². The van der Waals surface area contributed by atoms with Gasteiger partial charge in [-0.1, -0.05) is 187 Å². The Labute approximate surface area is 746 Å². The van der Waals surface area contributed by atoms with Gasteiger partial charge in [-0.3, -0.25) is 48.9 Å². The summed E-state index contributed by atoms with van der Waals surface area (Å²) in [5, 5.41) is 10.2. The van der Waals surface area contributed by atoms with Crippen molar-refractivity contribution < 1.29 is 0 Å². The first kappa shape index (κ1) is 85.3. The van der Waals surface area contributed by atoms with Crippen molar-refractivity contribution in [2.24, 2.45) is 14.1 Å². The predicted molar refractivity (Wildman–Crippen MR) is 518 cm³/mol. The van der Waals surface area contributed by atoms with E-state index in [0.29, 0.717) is 0 Å². The maximum absolute atomic E-state index is 4.82. The fourth-order valence-electron chi connectivity index (χ4n) is 19.4. The van der Waals surface area contributed by atoms with Crippen molar-refractivity contribution in [3.8, 4) is 44.5 Å². The van der Waals surface area contributed by atoms with E-state index in [4.69, 9.17) is 19.9 Å². The van der Waals surface area contributed by atoms with Gasteiger partial charge in [-0.15, -0.1) is 0 Å². The second kappa shape index (κ2) is 37.9. The topological polar surface area (TPSA) is 113 Å². The van der Waals surface area contributed by atoms with Gasteiger partial charge < -0.3 is 19.6 Å². The zero-order valence-corrected chi connectivity index (χ0v) is 76.1. The number of piperazine rings is 4. The fourth-order valence-corrected chi connectivity index (χ4v) is 19.4. The number of rotatable bonds is 16. The van der Waals surface area contributed by atoms with E-state index in [1.54, 1.807) is 0 Å². The molecule has 13 aromatic rings. The minimum Gasteiger partial charge on any atom is -0.304 e. The van der Waals surface area contributed by atoms with E-state index in [2.05, 4.69) is 319 Å². The molecule has 0 bridgehead atoms. The number of fused-ring (bicyclic) bond motifs is 5. The Morgan fingerprint density at radius 2 is 0.611 bits per heavy atom. The van der Waals surface area contributed by atoms with Crippen LogP contribution in [0.25, 0.3) is 77.7 Å². The molecule has 0 unspecified atom stereocenters. The van der Waals surface area contributed by atoms with Crippen molar-refractivity contribution in [1.29, 1.82) is 0 Å². The summed E-state index contributed by atoms with van der Waals surface area (Å²) >= 11 is 0. The van der Waals surface area contributed by atoms with Gasteiger partial charge in [-0.05, 0) is 189 Å². The number of nitrogens with zero attached hydrogens (tertiary/aromatic N) is 16. The summed E-state index contributed by atoms with van der Waals surface area (Å²) in [6, 6.07) is 65.6. The zero-order chi connectivity index (χ0) is 86.6. The molecule has 0 atom stereocenters. The van der Waals surface area contributed by atoms with Crippen LogP contribution in [0.3, 0.4) is 0 Å². The van der Waals surface area contributed by atoms with Gasteiger partial charge in [0.05, 0.1) is 40.2 Å². The van der Waals surface area contributed by atoms with E-state index < -0.39 is 0 Å². The van der Waals surface area contributed by atoms with Crippen molar-refractivity contribution >= 4 is 33.2 Å². The van der Waals surface area contributed by atoms with E-state index in [-0.39, 0.29) is 0 Å². The Balaban J connectivity index is 0.000000114. The lowest BCUT2D eigenvalue weighted by molar-refractivity contribution is 0.148. The summed E-state index contributed by atoms with van der Waals surface area (Å²) in [4.78, 5) is 39.1. The highest BCUT2D eigenvalue weighted by atomic mass is 15.3. The van der Waals surface area contributed by atoms with Gasteiger partial charge in [0.25, 0.3) is 0 Å². The SMILES string of the molecule is CN1CCN(Cc2ccc(-c3cnc4c(c3)C(c3ccc5cnn(C)c5c3)=CC4)cc2)CC1.Cc1cc(C)cc(C2=CCc3ncc(-c4ccc(CN5CCN(C)CC5)cc4)cc32)c1.Cc1ccc(C)c(C2=CCc3ncc(-c4ccc(CN5CCN(C)CC5)cc4)cc32)c1.Cc1nn(C)c(C)c1C1=CCc2ncc(-c3ccc(CN4CCN(C)CC4)cc3)cc21. The molecule has 642 valence electrons. The summed E-state index contributed by atoms with van der Waals surface area (Å²) in [7, 11) is 12.8. The second-order valence-corrected chi connectivity index (χ2v) is 36.7. The molecule has 0 radical (unpaired) electrons. The van der Waals surface area contributed by atoms with E-state index in [1.165, 1.54) is 178 Å². The Morgan fingerprint density at radius 3 is 0.984 bits per heavy atom. The van der Waals surface area contributed by atoms with Crippen LogP contribution in [0.2, 0.25) is 0 Å². The maximum atomic E-state index is 4.82. The predicted octanol–water partition coefficient (Wildman–Crippen LogP) is 18.4. The number of aromatic nitrogens is 8. The molecule has 4 aliphatic carbocycles. The maximum Gasteiger partial charge on any atom is 0.0685 e. The first-order valence-corrected chi connectivity index (χ1v) is 45.6. The van der Waals surface area contributed by atoms with Gasteiger partial charge in [0, 0.05) is 257 Å². The van der Waals surface area contributed by atoms with Gasteiger partial charge in [0.2, 0.25) is 0 Å². The molecule has 8 aliphatic rings. The molecule has 16 heteroatoms. The van der Waals surface area contributed by atoms with Crippen LogP contribution in [-0.2, 0) is 66.0 Å². The van der Waals surface area contributed by atoms with Crippen molar-refractivity contribution in [2.45, 2.75) is 93.4 Å². The average molecular weight is 1670 g/mol. The quantitative estimate of drug-likeness (QED) is 0.0914. The lowest BCUT2D eigenvalue weighted by Crippen LogP contribution is -2.43. The molecule has 10 heterocycles. The molecule has 4 fully saturated rings. The van der Waals surface area contributed by atoms with Crippen LogP contribution in [0.5, 0.6) is 0 Å². The van der Waals surface area contributed by atoms with E-state index in [0.717, 1.165) is 179 Å². The first-order chi connectivity index (χ1) is 61.2. The molecule has 126 heavy (non-hydrogen) atoms. The zero-order valence-electron chi connectivity index (χ0n) is 76.1. The van der Waals surface area contributed by atoms with E-state index in [9.17, 15) is 0 Å². The molecule has 7 aromatic carbocycles. The molecular weight excluding hydrogens is 1550 g/mol. The standard InChI is InChI=1S/C28H29N5.2C28H31N3.C26H31N5/c1-31-11-13-33(14-12-31)19-20-3-5-21(6-4-20)24-15-26-25(9-10-27(26)29-17-24)22-7-8-23-18-30-32(2)28(23)16-22;1-20-14-21(2)16-24(15-20)26-8-9-28-27(26)17-25(18-29-28)23-6-4-22(5-7-23)19-31-12-10-30(3)11-13-31;1-20-4-5-21(2)26(16-20)25-10-11-28-27(25)17-24(18-29-28)23-8-6-22(7-9-23)19-31-14-12-30(3)13-15-31;1-18-26(19(2)30(4)28-18)23-9-10-25-24(23)15-22(16-27-25)21-7-5-20(6-8-21)17-31-13-11-29(3)12-14-31/h3-9,15-18H,10-14,19H2,1-2H3;4-8,14-18H,9-13,19H2,1-3H3;4-10,16-18H,11-15,19H2,1-3H3;5-9,15-16H,10-14,17H2,1-4H3. The highest BCUT2D eigenvalue weighted by Crippen LogP contribution is 2.42. The number of hydrogen-bond donors (Lipinski definition) is 0. The molecular formula is C110H122N16. The molecule has 4 aliphatic heterocycles. The summed E-state index contributed by atoms with van der Waals surface area (Å²) in [5.41, 5.74) is 44.0. The Bertz CT molecular complexity index is 6210. The van der Waals surface area contributed by atoms with Crippen LogP contribution >= 0.6 is 0 Å². The highest BCUT2D eigenvalue weighted by molar-refractivity contribution is 5.92.